The second-order valence-electron chi connectivity index (χ2n) is 3.58. The van der Waals surface area contributed by atoms with E-state index < -0.39 is 0 Å². The highest BCUT2D eigenvalue weighted by Gasteiger charge is 2.17. The van der Waals surface area contributed by atoms with Crippen LogP contribution in [-0.2, 0) is 11.8 Å². The van der Waals surface area contributed by atoms with E-state index in [0.29, 0.717) is 12.5 Å². The second-order valence-corrected chi connectivity index (χ2v) is 3.58. The van der Waals surface area contributed by atoms with Gasteiger partial charge < -0.3 is 14.8 Å². The Morgan fingerprint density at radius 1 is 1.73 bits per heavy atom. The monoisotopic (exact) mass is 210 g/mol. The molecule has 15 heavy (non-hydrogen) atoms. The Morgan fingerprint density at radius 2 is 2.40 bits per heavy atom. The molecule has 1 amide bonds. The first-order chi connectivity index (χ1) is 7.06. The summed E-state index contributed by atoms with van der Waals surface area (Å²) in [6, 6.07) is -0.254. The zero-order valence-electron chi connectivity index (χ0n) is 9.69. The van der Waals surface area contributed by atoms with Crippen molar-refractivity contribution < 1.29 is 4.79 Å². The molecule has 0 fully saturated rings. The highest BCUT2D eigenvalue weighted by atomic mass is 16.2. The highest BCUT2D eigenvalue weighted by Crippen LogP contribution is 2.04. The van der Waals surface area contributed by atoms with Crippen LogP contribution in [0.25, 0.3) is 0 Å². The van der Waals surface area contributed by atoms with Gasteiger partial charge in [0.15, 0.2) is 0 Å². The van der Waals surface area contributed by atoms with Gasteiger partial charge in [-0.15, -0.1) is 0 Å². The fourth-order valence-corrected chi connectivity index (χ4v) is 1.25. The topological polar surface area (TPSA) is 50.2 Å². The molecule has 1 rings (SSSR count). The standard InChI is InChI=1S/C10H18N4O/c1-5-13(3)9(15)8(2)12-10-11-6-7-14(10)4/h6-8H,5H2,1-4H3,(H,11,12). The summed E-state index contributed by atoms with van der Waals surface area (Å²) in [5, 5.41) is 3.07. The minimum Gasteiger partial charge on any atom is -0.344 e. The molecule has 1 N–H and O–H groups in total. The van der Waals surface area contributed by atoms with Crippen molar-refractivity contribution in [3.63, 3.8) is 0 Å². The Kier molecular flexibility index (Phi) is 3.71. The summed E-state index contributed by atoms with van der Waals surface area (Å²) in [5.41, 5.74) is 0. The SMILES string of the molecule is CCN(C)C(=O)C(C)Nc1nccn1C. The molecule has 0 radical (unpaired) electrons. The van der Waals surface area contributed by atoms with Crippen molar-refractivity contribution >= 4 is 11.9 Å². The quantitative estimate of drug-likeness (QED) is 0.795. The van der Waals surface area contributed by atoms with E-state index in [1.807, 2.05) is 31.7 Å². The molecule has 5 nitrogen and oxygen atoms in total. The molecule has 1 atom stereocenters. The van der Waals surface area contributed by atoms with E-state index in [1.165, 1.54) is 0 Å². The lowest BCUT2D eigenvalue weighted by molar-refractivity contribution is -0.130. The van der Waals surface area contributed by atoms with Crippen molar-refractivity contribution in [1.82, 2.24) is 14.5 Å². The van der Waals surface area contributed by atoms with Crippen LogP contribution in [0.1, 0.15) is 13.8 Å². The summed E-state index contributed by atoms with van der Waals surface area (Å²) in [6.07, 6.45) is 3.53. The number of hydrogen-bond donors (Lipinski definition) is 1. The Labute approximate surface area is 90.1 Å². The van der Waals surface area contributed by atoms with Crippen LogP contribution in [-0.4, -0.2) is 40.0 Å². The predicted octanol–water partition coefficient (Wildman–Crippen LogP) is 0.699. The minimum absolute atomic E-state index is 0.0699. The lowest BCUT2D eigenvalue weighted by Crippen LogP contribution is -2.39. The zero-order chi connectivity index (χ0) is 11.4. The maximum Gasteiger partial charge on any atom is 0.244 e. The Morgan fingerprint density at radius 3 is 2.87 bits per heavy atom. The third-order valence-electron chi connectivity index (χ3n) is 2.39. The largest absolute Gasteiger partial charge is 0.344 e. The average Bonchev–Trinajstić information content (AvgIpc) is 2.62. The number of nitrogens with zero attached hydrogens (tertiary/aromatic N) is 3. The zero-order valence-corrected chi connectivity index (χ0v) is 9.69. The maximum atomic E-state index is 11.7. The molecule has 0 saturated carbocycles. The Hall–Kier alpha value is -1.52. The number of aryl methyl sites for hydroxylation is 1. The number of aromatic nitrogens is 2. The first kappa shape index (κ1) is 11.6. The number of anilines is 1. The smallest absolute Gasteiger partial charge is 0.244 e. The van der Waals surface area contributed by atoms with E-state index in [2.05, 4.69) is 10.3 Å². The first-order valence-electron chi connectivity index (χ1n) is 5.05. The summed E-state index contributed by atoms with van der Waals surface area (Å²) in [6.45, 7) is 4.50. The number of rotatable bonds is 4. The third kappa shape index (κ3) is 2.71. The van der Waals surface area contributed by atoms with Crippen LogP contribution in [0.4, 0.5) is 5.95 Å². The van der Waals surface area contributed by atoms with Gasteiger partial charge in [0.25, 0.3) is 0 Å². The van der Waals surface area contributed by atoms with Crippen LogP contribution in [0.2, 0.25) is 0 Å². The van der Waals surface area contributed by atoms with Crippen LogP contribution in [0.15, 0.2) is 12.4 Å². The molecular formula is C10H18N4O. The van der Waals surface area contributed by atoms with Gasteiger partial charge >= 0.3 is 0 Å². The number of imidazole rings is 1. The van der Waals surface area contributed by atoms with Crippen LogP contribution in [0.5, 0.6) is 0 Å². The molecule has 0 aliphatic carbocycles. The summed E-state index contributed by atoms with van der Waals surface area (Å²) < 4.78 is 1.84. The number of likely N-dealkylation sites (N-methyl/N-ethyl adjacent to an activating group) is 1. The molecule has 84 valence electrons. The van der Waals surface area contributed by atoms with Crippen molar-refractivity contribution in [1.29, 1.82) is 0 Å². The van der Waals surface area contributed by atoms with Crippen molar-refractivity contribution in [3.8, 4) is 0 Å². The van der Waals surface area contributed by atoms with E-state index in [1.54, 1.807) is 18.1 Å². The number of carbonyl (C=O) groups excluding carboxylic acids is 1. The van der Waals surface area contributed by atoms with Crippen molar-refractivity contribution in [3.05, 3.63) is 12.4 Å². The van der Waals surface area contributed by atoms with Crippen LogP contribution < -0.4 is 5.32 Å². The average molecular weight is 210 g/mol. The summed E-state index contributed by atoms with van der Waals surface area (Å²) in [5.74, 6) is 0.779. The molecule has 5 heteroatoms. The normalized spacial score (nSPS) is 12.3. The first-order valence-corrected chi connectivity index (χ1v) is 5.05. The fourth-order valence-electron chi connectivity index (χ4n) is 1.25. The van der Waals surface area contributed by atoms with Gasteiger partial charge in [0, 0.05) is 33.0 Å². The number of hydrogen-bond acceptors (Lipinski definition) is 3. The van der Waals surface area contributed by atoms with Gasteiger partial charge in [-0.3, -0.25) is 4.79 Å². The van der Waals surface area contributed by atoms with E-state index in [-0.39, 0.29) is 11.9 Å². The molecule has 0 aromatic carbocycles. The van der Waals surface area contributed by atoms with Gasteiger partial charge in [0.2, 0.25) is 11.9 Å². The van der Waals surface area contributed by atoms with Crippen LogP contribution in [0.3, 0.4) is 0 Å². The number of amides is 1. The molecule has 0 aliphatic rings. The Balaban J connectivity index is 2.60. The van der Waals surface area contributed by atoms with E-state index >= 15 is 0 Å². The van der Waals surface area contributed by atoms with E-state index in [4.69, 9.17) is 0 Å². The summed E-state index contributed by atoms with van der Waals surface area (Å²) in [7, 11) is 3.68. The molecule has 1 heterocycles. The molecule has 0 aliphatic heterocycles. The van der Waals surface area contributed by atoms with Gasteiger partial charge in [-0.25, -0.2) is 4.98 Å². The maximum absolute atomic E-state index is 11.7. The summed E-state index contributed by atoms with van der Waals surface area (Å²) >= 11 is 0. The van der Waals surface area contributed by atoms with Gasteiger partial charge in [0.05, 0.1) is 0 Å². The number of nitrogens with one attached hydrogen (secondary N) is 1. The third-order valence-corrected chi connectivity index (χ3v) is 2.39. The Bertz CT molecular complexity index is 334. The second kappa shape index (κ2) is 4.82. The van der Waals surface area contributed by atoms with Gasteiger partial charge in [-0.05, 0) is 13.8 Å². The van der Waals surface area contributed by atoms with Crippen LogP contribution >= 0.6 is 0 Å². The van der Waals surface area contributed by atoms with E-state index in [0.717, 1.165) is 0 Å². The van der Waals surface area contributed by atoms with Crippen molar-refractivity contribution in [2.24, 2.45) is 7.05 Å². The van der Waals surface area contributed by atoms with Crippen molar-refractivity contribution in [2.75, 3.05) is 18.9 Å². The molecule has 0 bridgehead atoms. The lowest BCUT2D eigenvalue weighted by Gasteiger charge is -2.20. The molecular weight excluding hydrogens is 192 g/mol. The molecule has 1 aromatic heterocycles. The van der Waals surface area contributed by atoms with Gasteiger partial charge in [-0.1, -0.05) is 0 Å². The number of carbonyl (C=O) groups is 1. The molecule has 0 spiro atoms. The highest BCUT2D eigenvalue weighted by molar-refractivity contribution is 5.83. The van der Waals surface area contributed by atoms with Gasteiger partial charge in [-0.2, -0.15) is 0 Å². The molecule has 1 aromatic rings. The van der Waals surface area contributed by atoms with Crippen molar-refractivity contribution in [2.45, 2.75) is 19.9 Å². The lowest BCUT2D eigenvalue weighted by atomic mass is 10.3. The summed E-state index contributed by atoms with van der Waals surface area (Å²) in [4.78, 5) is 17.5. The minimum atomic E-state index is -0.254. The molecule has 0 saturated heterocycles. The fraction of sp³-hybridized carbons (Fsp3) is 0.600. The van der Waals surface area contributed by atoms with E-state index in [9.17, 15) is 4.79 Å². The predicted molar refractivity (Wildman–Crippen MR) is 59.6 cm³/mol. The van der Waals surface area contributed by atoms with Gasteiger partial charge in [0.1, 0.15) is 6.04 Å². The van der Waals surface area contributed by atoms with Crippen LogP contribution in [0, 0.1) is 0 Å². The molecule has 1 unspecified atom stereocenters.